The van der Waals surface area contributed by atoms with E-state index in [4.69, 9.17) is 4.74 Å². The summed E-state index contributed by atoms with van der Waals surface area (Å²) in [5, 5.41) is 2.72. The Hall–Kier alpha value is -1.65. The fourth-order valence-electron chi connectivity index (χ4n) is 1.92. The van der Waals surface area contributed by atoms with Crippen LogP contribution >= 0.6 is 0 Å². The summed E-state index contributed by atoms with van der Waals surface area (Å²) >= 11 is 0. The first kappa shape index (κ1) is 13.8. The van der Waals surface area contributed by atoms with E-state index in [1.54, 1.807) is 26.8 Å². The molecule has 1 aromatic rings. The molecule has 0 radical (unpaired) electrons. The van der Waals surface area contributed by atoms with Gasteiger partial charge in [-0.25, -0.2) is 13.6 Å². The molecular formula is C14H17F2NO2. The number of rotatable bonds is 2. The molecule has 0 saturated heterocycles. The van der Waals surface area contributed by atoms with Crippen LogP contribution in [0.3, 0.4) is 0 Å². The molecule has 0 spiro atoms. The number of nitrogens with one attached hydrogen (secondary N) is 1. The Morgan fingerprint density at radius 2 is 2.00 bits per heavy atom. The third-order valence-electron chi connectivity index (χ3n) is 2.86. The Balaban J connectivity index is 1.90. The van der Waals surface area contributed by atoms with Crippen LogP contribution in [0.2, 0.25) is 0 Å². The van der Waals surface area contributed by atoms with E-state index in [1.807, 2.05) is 0 Å². The number of alkyl carbamates (subject to hydrolysis) is 1. The van der Waals surface area contributed by atoms with E-state index >= 15 is 0 Å². The average molecular weight is 269 g/mol. The maximum atomic E-state index is 13.1. The maximum Gasteiger partial charge on any atom is 0.407 e. The molecule has 2 unspecified atom stereocenters. The second-order valence-corrected chi connectivity index (χ2v) is 5.77. The predicted molar refractivity (Wildman–Crippen MR) is 66.9 cm³/mol. The van der Waals surface area contributed by atoms with Crippen molar-refractivity contribution in [3.8, 4) is 0 Å². The van der Waals surface area contributed by atoms with Crippen LogP contribution in [0.5, 0.6) is 0 Å². The normalized spacial score (nSPS) is 21.9. The van der Waals surface area contributed by atoms with Gasteiger partial charge in [0.1, 0.15) is 5.60 Å². The third kappa shape index (κ3) is 3.66. The van der Waals surface area contributed by atoms with Crippen LogP contribution in [0.15, 0.2) is 18.2 Å². The molecule has 1 saturated carbocycles. The van der Waals surface area contributed by atoms with Crippen LogP contribution in [0.4, 0.5) is 13.6 Å². The fraction of sp³-hybridized carbons (Fsp3) is 0.500. The van der Waals surface area contributed by atoms with Crippen LogP contribution < -0.4 is 5.32 Å². The smallest absolute Gasteiger partial charge is 0.407 e. The van der Waals surface area contributed by atoms with E-state index < -0.39 is 23.3 Å². The highest BCUT2D eigenvalue weighted by Crippen LogP contribution is 2.41. The van der Waals surface area contributed by atoms with Crippen molar-refractivity contribution in [2.24, 2.45) is 0 Å². The minimum absolute atomic E-state index is 0.0302. The summed E-state index contributed by atoms with van der Waals surface area (Å²) in [7, 11) is 0. The largest absolute Gasteiger partial charge is 0.444 e. The molecule has 104 valence electrons. The molecule has 1 fully saturated rings. The zero-order valence-corrected chi connectivity index (χ0v) is 11.2. The van der Waals surface area contributed by atoms with Crippen molar-refractivity contribution in [1.29, 1.82) is 0 Å². The summed E-state index contributed by atoms with van der Waals surface area (Å²) < 4.78 is 31.0. The second kappa shape index (κ2) is 4.79. The summed E-state index contributed by atoms with van der Waals surface area (Å²) in [5.74, 6) is -1.69. The summed E-state index contributed by atoms with van der Waals surface area (Å²) in [6.45, 7) is 5.35. The Kier molecular flexibility index (Phi) is 3.47. The van der Waals surface area contributed by atoms with E-state index in [0.29, 0.717) is 12.0 Å². The minimum atomic E-state index is -0.861. The molecule has 0 aliphatic heterocycles. The van der Waals surface area contributed by atoms with Gasteiger partial charge in [0.2, 0.25) is 0 Å². The van der Waals surface area contributed by atoms with Crippen LogP contribution in [-0.4, -0.2) is 17.7 Å². The molecule has 1 N–H and O–H groups in total. The molecule has 1 amide bonds. The third-order valence-corrected chi connectivity index (χ3v) is 2.86. The SMILES string of the molecule is CC(C)(C)OC(=O)NC1CC1c1ccc(F)c(F)c1. The fourth-order valence-corrected chi connectivity index (χ4v) is 1.92. The average Bonchev–Trinajstić information content (AvgIpc) is 2.98. The summed E-state index contributed by atoms with van der Waals surface area (Å²) in [6.07, 6.45) is 0.229. The summed E-state index contributed by atoms with van der Waals surface area (Å²) in [4.78, 5) is 11.5. The first-order valence-corrected chi connectivity index (χ1v) is 6.21. The zero-order valence-electron chi connectivity index (χ0n) is 11.2. The molecule has 2 atom stereocenters. The van der Waals surface area contributed by atoms with Gasteiger partial charge in [-0.15, -0.1) is 0 Å². The highest BCUT2D eigenvalue weighted by molar-refractivity contribution is 5.69. The van der Waals surface area contributed by atoms with Crippen molar-refractivity contribution >= 4 is 6.09 Å². The number of carbonyl (C=O) groups excluding carboxylic acids is 1. The molecule has 1 aliphatic rings. The van der Waals surface area contributed by atoms with Crippen molar-refractivity contribution in [1.82, 2.24) is 5.32 Å². The number of benzene rings is 1. The highest BCUT2D eigenvalue weighted by atomic mass is 19.2. The number of hydrogen-bond donors (Lipinski definition) is 1. The minimum Gasteiger partial charge on any atom is -0.444 e. The van der Waals surface area contributed by atoms with Crippen LogP contribution in [0.25, 0.3) is 0 Å². The van der Waals surface area contributed by atoms with Crippen molar-refractivity contribution in [2.75, 3.05) is 0 Å². The molecule has 1 aromatic carbocycles. The van der Waals surface area contributed by atoms with Gasteiger partial charge in [0.25, 0.3) is 0 Å². The molecule has 0 aromatic heterocycles. The van der Waals surface area contributed by atoms with Crippen molar-refractivity contribution in [3.05, 3.63) is 35.4 Å². The van der Waals surface area contributed by atoms with E-state index in [-0.39, 0.29) is 12.0 Å². The van der Waals surface area contributed by atoms with E-state index in [9.17, 15) is 13.6 Å². The van der Waals surface area contributed by atoms with Gasteiger partial charge in [0.15, 0.2) is 11.6 Å². The standard InChI is InChI=1S/C14H17F2NO2/c1-14(2,3)19-13(18)17-12-7-9(12)8-4-5-10(15)11(16)6-8/h4-6,9,12H,7H2,1-3H3,(H,17,18). The highest BCUT2D eigenvalue weighted by Gasteiger charge is 2.40. The van der Waals surface area contributed by atoms with Crippen molar-refractivity contribution in [3.63, 3.8) is 0 Å². The van der Waals surface area contributed by atoms with Gasteiger partial charge in [-0.3, -0.25) is 0 Å². The molecule has 5 heteroatoms. The van der Waals surface area contributed by atoms with Gasteiger partial charge in [-0.2, -0.15) is 0 Å². The lowest BCUT2D eigenvalue weighted by Gasteiger charge is -2.19. The molecular weight excluding hydrogens is 252 g/mol. The van der Waals surface area contributed by atoms with Gasteiger partial charge in [-0.05, 0) is 44.9 Å². The number of hydrogen-bond acceptors (Lipinski definition) is 2. The van der Waals surface area contributed by atoms with Crippen LogP contribution in [-0.2, 0) is 4.74 Å². The maximum absolute atomic E-state index is 13.1. The Labute approximate surface area is 111 Å². The monoisotopic (exact) mass is 269 g/mol. The molecule has 0 heterocycles. The van der Waals surface area contributed by atoms with E-state index in [1.165, 1.54) is 6.07 Å². The first-order valence-electron chi connectivity index (χ1n) is 6.21. The molecule has 3 nitrogen and oxygen atoms in total. The Bertz CT molecular complexity index is 497. The topological polar surface area (TPSA) is 38.3 Å². The van der Waals surface area contributed by atoms with Crippen molar-refractivity contribution in [2.45, 2.75) is 44.8 Å². The zero-order chi connectivity index (χ0) is 14.2. The van der Waals surface area contributed by atoms with Gasteiger partial charge >= 0.3 is 6.09 Å². The molecule has 0 bridgehead atoms. The lowest BCUT2D eigenvalue weighted by Crippen LogP contribution is -2.34. The number of halogens is 2. The van der Waals surface area contributed by atoms with E-state index in [2.05, 4.69) is 5.32 Å². The van der Waals surface area contributed by atoms with Gasteiger partial charge in [0.05, 0.1) is 0 Å². The van der Waals surface area contributed by atoms with E-state index in [0.717, 1.165) is 6.07 Å². The predicted octanol–water partition coefficient (Wildman–Crippen LogP) is 3.35. The number of ether oxygens (including phenoxy) is 1. The molecule has 2 rings (SSSR count). The van der Waals surface area contributed by atoms with Gasteiger partial charge in [-0.1, -0.05) is 6.07 Å². The summed E-state index contributed by atoms with van der Waals surface area (Å²) in [5.41, 5.74) is 0.149. The van der Waals surface area contributed by atoms with Crippen molar-refractivity contribution < 1.29 is 18.3 Å². The number of amides is 1. The molecule has 19 heavy (non-hydrogen) atoms. The van der Waals surface area contributed by atoms with Gasteiger partial charge in [0, 0.05) is 12.0 Å². The van der Waals surface area contributed by atoms with Crippen LogP contribution in [0, 0.1) is 11.6 Å². The first-order chi connectivity index (χ1) is 8.76. The Morgan fingerprint density at radius 3 is 2.58 bits per heavy atom. The Morgan fingerprint density at radius 1 is 1.32 bits per heavy atom. The number of carbonyl (C=O) groups is 1. The lowest BCUT2D eigenvalue weighted by molar-refractivity contribution is 0.0523. The lowest BCUT2D eigenvalue weighted by atomic mass is 10.1. The molecule has 1 aliphatic carbocycles. The quantitative estimate of drug-likeness (QED) is 0.894. The summed E-state index contributed by atoms with van der Waals surface area (Å²) in [6, 6.07) is 3.75. The van der Waals surface area contributed by atoms with Crippen LogP contribution in [0.1, 0.15) is 38.7 Å². The van der Waals surface area contributed by atoms with Gasteiger partial charge < -0.3 is 10.1 Å². The second-order valence-electron chi connectivity index (χ2n) is 5.77.